The summed E-state index contributed by atoms with van der Waals surface area (Å²) < 4.78 is 15.0. The van der Waals surface area contributed by atoms with Crippen molar-refractivity contribution in [3.8, 4) is 16.8 Å². The van der Waals surface area contributed by atoms with Crippen molar-refractivity contribution >= 4 is 5.91 Å². The Kier molecular flexibility index (Phi) is 4.87. The molecular formula is C21H22FN5O2. The SMILES string of the molecule is CC(C)(CO)NC(=O)c1cc(-c2ccc(F)cc2)cc(-n2nnnc2C2CC2)c1. The maximum Gasteiger partial charge on any atom is 0.251 e. The number of rotatable bonds is 6. The Bertz CT molecular complexity index is 1040. The summed E-state index contributed by atoms with van der Waals surface area (Å²) in [5, 5.41) is 24.3. The number of carbonyl (C=O) groups is 1. The summed E-state index contributed by atoms with van der Waals surface area (Å²) in [6.45, 7) is 3.28. The van der Waals surface area contributed by atoms with E-state index >= 15 is 0 Å². The fourth-order valence-electron chi connectivity index (χ4n) is 3.07. The van der Waals surface area contributed by atoms with Crippen LogP contribution in [0.3, 0.4) is 0 Å². The molecule has 1 amide bonds. The number of carbonyl (C=O) groups excluding carboxylic acids is 1. The quantitative estimate of drug-likeness (QED) is 0.670. The molecule has 0 saturated heterocycles. The van der Waals surface area contributed by atoms with E-state index in [-0.39, 0.29) is 18.3 Å². The molecule has 1 aliphatic rings. The van der Waals surface area contributed by atoms with Gasteiger partial charge in [0.25, 0.3) is 5.91 Å². The topological polar surface area (TPSA) is 92.9 Å². The summed E-state index contributed by atoms with van der Waals surface area (Å²) in [4.78, 5) is 12.9. The van der Waals surface area contributed by atoms with Gasteiger partial charge in [-0.25, -0.2) is 4.39 Å². The predicted molar refractivity (Wildman–Crippen MR) is 105 cm³/mol. The molecule has 1 heterocycles. The van der Waals surface area contributed by atoms with Crippen LogP contribution in [0, 0.1) is 5.82 Å². The monoisotopic (exact) mass is 395 g/mol. The standard InChI is InChI=1S/C21H22FN5O2/c1-21(2,12-28)23-20(29)16-9-15(13-5-7-17(22)8-6-13)10-18(11-16)27-19(14-3-4-14)24-25-26-27/h5-11,14,28H,3-4,12H2,1-2H3,(H,23,29). The third-order valence-electron chi connectivity index (χ3n) is 4.89. The summed E-state index contributed by atoms with van der Waals surface area (Å²) in [5.41, 5.74) is 1.81. The maximum absolute atomic E-state index is 13.4. The van der Waals surface area contributed by atoms with Gasteiger partial charge < -0.3 is 10.4 Å². The lowest BCUT2D eigenvalue weighted by atomic mass is 10.00. The highest BCUT2D eigenvalue weighted by Gasteiger charge is 2.30. The van der Waals surface area contributed by atoms with Gasteiger partial charge in [-0.2, -0.15) is 4.68 Å². The van der Waals surface area contributed by atoms with Gasteiger partial charge in [-0.1, -0.05) is 12.1 Å². The van der Waals surface area contributed by atoms with Crippen LogP contribution in [-0.2, 0) is 0 Å². The molecule has 7 nitrogen and oxygen atoms in total. The van der Waals surface area contributed by atoms with E-state index < -0.39 is 5.54 Å². The Balaban J connectivity index is 1.80. The molecule has 0 spiro atoms. The van der Waals surface area contributed by atoms with Gasteiger partial charge in [-0.15, -0.1) is 5.10 Å². The van der Waals surface area contributed by atoms with E-state index in [0.717, 1.165) is 29.8 Å². The molecule has 0 radical (unpaired) electrons. The van der Waals surface area contributed by atoms with Gasteiger partial charge in [0.1, 0.15) is 5.82 Å². The van der Waals surface area contributed by atoms with Crippen LogP contribution in [0.2, 0.25) is 0 Å². The summed E-state index contributed by atoms with van der Waals surface area (Å²) >= 11 is 0. The smallest absolute Gasteiger partial charge is 0.251 e. The summed E-state index contributed by atoms with van der Waals surface area (Å²) in [6.07, 6.45) is 2.08. The van der Waals surface area contributed by atoms with E-state index in [1.165, 1.54) is 12.1 Å². The van der Waals surface area contributed by atoms with Gasteiger partial charge in [0.2, 0.25) is 0 Å². The first-order chi connectivity index (χ1) is 13.9. The highest BCUT2D eigenvalue weighted by molar-refractivity contribution is 5.96. The van der Waals surface area contributed by atoms with Gasteiger partial charge in [-0.05, 0) is 78.6 Å². The second-order valence-corrected chi connectivity index (χ2v) is 7.99. The number of halogens is 1. The number of amides is 1. The molecule has 0 aliphatic heterocycles. The lowest BCUT2D eigenvalue weighted by molar-refractivity contribution is 0.0869. The molecule has 3 aromatic rings. The minimum Gasteiger partial charge on any atom is -0.394 e. The lowest BCUT2D eigenvalue weighted by Crippen LogP contribution is -2.46. The van der Waals surface area contributed by atoms with E-state index in [4.69, 9.17) is 0 Å². The van der Waals surface area contributed by atoms with Gasteiger partial charge in [0.15, 0.2) is 5.82 Å². The van der Waals surface area contributed by atoms with Crippen molar-refractivity contribution in [1.82, 2.24) is 25.5 Å². The van der Waals surface area contributed by atoms with Crippen molar-refractivity contribution < 1.29 is 14.3 Å². The van der Waals surface area contributed by atoms with Crippen LogP contribution in [0.4, 0.5) is 4.39 Å². The number of aliphatic hydroxyl groups is 1. The van der Waals surface area contributed by atoms with Crippen LogP contribution in [0.25, 0.3) is 16.8 Å². The Hall–Kier alpha value is -3.13. The number of nitrogens with zero attached hydrogens (tertiary/aromatic N) is 4. The Morgan fingerprint density at radius 1 is 1.21 bits per heavy atom. The average molecular weight is 395 g/mol. The summed E-state index contributed by atoms with van der Waals surface area (Å²) in [5.74, 6) is 0.438. The Morgan fingerprint density at radius 2 is 1.93 bits per heavy atom. The Labute approximate surface area is 167 Å². The van der Waals surface area contributed by atoms with Crippen LogP contribution in [0.5, 0.6) is 0 Å². The number of hydrogen-bond acceptors (Lipinski definition) is 5. The van der Waals surface area contributed by atoms with Crippen molar-refractivity contribution in [2.75, 3.05) is 6.61 Å². The molecule has 150 valence electrons. The fraction of sp³-hybridized carbons (Fsp3) is 0.333. The highest BCUT2D eigenvalue weighted by atomic mass is 19.1. The molecule has 0 unspecified atom stereocenters. The molecule has 29 heavy (non-hydrogen) atoms. The van der Waals surface area contributed by atoms with Crippen molar-refractivity contribution in [1.29, 1.82) is 0 Å². The summed E-state index contributed by atoms with van der Waals surface area (Å²) in [6, 6.07) is 11.4. The minimum absolute atomic E-state index is 0.192. The molecule has 4 rings (SSSR count). The molecule has 2 aromatic carbocycles. The van der Waals surface area contributed by atoms with E-state index in [0.29, 0.717) is 17.2 Å². The number of benzene rings is 2. The van der Waals surface area contributed by atoms with E-state index in [9.17, 15) is 14.3 Å². The second-order valence-electron chi connectivity index (χ2n) is 7.99. The number of aliphatic hydroxyl groups excluding tert-OH is 1. The normalized spacial score (nSPS) is 14.1. The number of hydrogen-bond donors (Lipinski definition) is 2. The van der Waals surface area contributed by atoms with Gasteiger partial charge in [-0.3, -0.25) is 4.79 Å². The van der Waals surface area contributed by atoms with Crippen LogP contribution in [0.15, 0.2) is 42.5 Å². The van der Waals surface area contributed by atoms with Crippen LogP contribution < -0.4 is 5.32 Å². The molecule has 8 heteroatoms. The van der Waals surface area contributed by atoms with Crippen molar-refractivity contribution in [3.05, 3.63) is 59.7 Å². The van der Waals surface area contributed by atoms with Crippen molar-refractivity contribution in [2.45, 2.75) is 38.1 Å². The van der Waals surface area contributed by atoms with Crippen LogP contribution in [0.1, 0.15) is 48.8 Å². The van der Waals surface area contributed by atoms with E-state index in [2.05, 4.69) is 20.8 Å². The number of nitrogens with one attached hydrogen (secondary N) is 1. The molecule has 1 aromatic heterocycles. The number of aromatic nitrogens is 4. The molecule has 1 saturated carbocycles. The average Bonchev–Trinajstić information content (AvgIpc) is 3.44. The lowest BCUT2D eigenvalue weighted by Gasteiger charge is -2.23. The zero-order chi connectivity index (χ0) is 20.6. The van der Waals surface area contributed by atoms with Gasteiger partial charge in [0, 0.05) is 11.5 Å². The molecule has 0 bridgehead atoms. The van der Waals surface area contributed by atoms with Gasteiger partial charge in [0.05, 0.1) is 17.8 Å². The molecule has 0 atom stereocenters. The summed E-state index contributed by atoms with van der Waals surface area (Å²) in [7, 11) is 0. The molecule has 1 aliphatic carbocycles. The number of tetrazole rings is 1. The molecule has 2 N–H and O–H groups in total. The van der Waals surface area contributed by atoms with E-state index in [1.807, 2.05) is 6.07 Å². The maximum atomic E-state index is 13.4. The van der Waals surface area contributed by atoms with Gasteiger partial charge >= 0.3 is 0 Å². The Morgan fingerprint density at radius 3 is 2.59 bits per heavy atom. The fourth-order valence-corrected chi connectivity index (χ4v) is 3.07. The second kappa shape index (κ2) is 7.36. The molecular weight excluding hydrogens is 373 g/mol. The zero-order valence-corrected chi connectivity index (χ0v) is 16.3. The van der Waals surface area contributed by atoms with Crippen molar-refractivity contribution in [3.63, 3.8) is 0 Å². The predicted octanol–water partition coefficient (Wildman–Crippen LogP) is 2.85. The van der Waals surface area contributed by atoms with Crippen LogP contribution >= 0.6 is 0 Å². The van der Waals surface area contributed by atoms with Crippen LogP contribution in [-0.4, -0.2) is 43.4 Å². The third kappa shape index (κ3) is 4.17. The first kappa shape index (κ1) is 19.2. The van der Waals surface area contributed by atoms with Crippen molar-refractivity contribution in [2.24, 2.45) is 0 Å². The highest BCUT2D eigenvalue weighted by Crippen LogP contribution is 2.39. The van der Waals surface area contributed by atoms with E-state index in [1.54, 1.807) is 42.8 Å². The first-order valence-electron chi connectivity index (χ1n) is 9.49. The third-order valence-corrected chi connectivity index (χ3v) is 4.89. The minimum atomic E-state index is -0.767. The largest absolute Gasteiger partial charge is 0.394 e. The zero-order valence-electron chi connectivity index (χ0n) is 16.3. The molecule has 1 fully saturated rings. The first-order valence-corrected chi connectivity index (χ1v) is 9.49.